The lowest BCUT2D eigenvalue weighted by atomic mass is 10.2. The molecule has 0 unspecified atom stereocenters. The van der Waals surface area contributed by atoms with Gasteiger partial charge in [0.2, 0.25) is 0 Å². The van der Waals surface area contributed by atoms with Crippen LogP contribution < -0.4 is 26.6 Å². The number of carbonyl (C=O) groups is 1. The van der Waals surface area contributed by atoms with Gasteiger partial charge in [-0.3, -0.25) is 19.1 Å². The number of carbonyl (C=O) groups excluding carboxylic acids is 1. The number of nitrogens with one attached hydrogen (secondary N) is 1. The molecule has 0 bridgehead atoms. The monoisotopic (exact) mass is 388 g/mol. The number of para-hydroxylation sites is 1. The summed E-state index contributed by atoms with van der Waals surface area (Å²) in [5, 5.41) is 0. The number of nitrogens with two attached hydrogens (primary N) is 1. The van der Waals surface area contributed by atoms with Crippen LogP contribution in [0, 0.1) is 6.92 Å². The molecule has 0 aliphatic rings. The van der Waals surface area contributed by atoms with Gasteiger partial charge in [0.1, 0.15) is 11.6 Å². The number of aryl methyl sites for hydroxylation is 1. The number of nitrogens with zero attached hydrogens (tertiary/aromatic N) is 2. The Morgan fingerprint density at radius 3 is 2.57 bits per heavy atom. The third-order valence-electron chi connectivity index (χ3n) is 4.41. The van der Waals surface area contributed by atoms with Gasteiger partial charge in [-0.15, -0.1) is 0 Å². The number of rotatable bonds is 9. The standard InChI is InChI=1S/C20H28N4O4/c1-4-6-12-23(16(25)13-28-15-10-8-7-9-14(15)3)17-18(21)24(11-5-2)20(27)22-19(17)26/h7-10H,4-6,11-13,21H2,1-3H3,(H,22,26,27). The summed E-state index contributed by atoms with van der Waals surface area (Å²) in [6.07, 6.45) is 2.17. The van der Waals surface area contributed by atoms with E-state index >= 15 is 0 Å². The lowest BCUT2D eigenvalue weighted by Gasteiger charge is -2.24. The lowest BCUT2D eigenvalue weighted by Crippen LogP contribution is -2.43. The predicted molar refractivity (Wildman–Crippen MR) is 110 cm³/mol. The van der Waals surface area contributed by atoms with Gasteiger partial charge in [0, 0.05) is 13.1 Å². The molecule has 3 N–H and O–H groups in total. The minimum absolute atomic E-state index is 0.000108. The topological polar surface area (TPSA) is 110 Å². The molecule has 1 aromatic heterocycles. The molecular formula is C20H28N4O4. The minimum atomic E-state index is -0.671. The Labute approximate surface area is 163 Å². The maximum absolute atomic E-state index is 12.9. The van der Waals surface area contributed by atoms with Crippen LogP contribution in [0.4, 0.5) is 11.5 Å². The SMILES string of the molecule is CCCCN(C(=O)COc1ccccc1C)c1c(N)n(CCC)c(=O)[nH]c1=O. The van der Waals surface area contributed by atoms with E-state index in [0.29, 0.717) is 31.7 Å². The predicted octanol–water partition coefficient (Wildman–Crippen LogP) is 2.05. The molecule has 0 fully saturated rings. The Morgan fingerprint density at radius 1 is 1.21 bits per heavy atom. The summed E-state index contributed by atoms with van der Waals surface area (Å²) in [7, 11) is 0. The van der Waals surface area contributed by atoms with E-state index in [0.717, 1.165) is 12.0 Å². The largest absolute Gasteiger partial charge is 0.483 e. The zero-order valence-corrected chi connectivity index (χ0v) is 16.7. The molecule has 0 saturated heterocycles. The van der Waals surface area contributed by atoms with E-state index in [1.165, 1.54) is 9.47 Å². The molecule has 152 valence electrons. The number of aromatic nitrogens is 2. The summed E-state index contributed by atoms with van der Waals surface area (Å²) < 4.78 is 6.93. The number of benzene rings is 1. The number of H-pyrrole nitrogens is 1. The fourth-order valence-electron chi connectivity index (χ4n) is 2.90. The average molecular weight is 388 g/mol. The molecule has 8 heteroatoms. The van der Waals surface area contributed by atoms with Gasteiger partial charge in [0.05, 0.1) is 0 Å². The van der Waals surface area contributed by atoms with Gasteiger partial charge in [-0.05, 0) is 31.4 Å². The molecule has 0 aliphatic carbocycles. The van der Waals surface area contributed by atoms with Gasteiger partial charge in [-0.2, -0.15) is 0 Å². The molecule has 0 saturated carbocycles. The van der Waals surface area contributed by atoms with Gasteiger partial charge >= 0.3 is 5.69 Å². The number of unbranched alkanes of at least 4 members (excludes halogenated alkanes) is 1. The molecule has 2 aromatic rings. The van der Waals surface area contributed by atoms with Crippen LogP contribution in [0.2, 0.25) is 0 Å². The first kappa shape index (κ1) is 21.3. The minimum Gasteiger partial charge on any atom is -0.483 e. The van der Waals surface area contributed by atoms with Crippen LogP contribution in [-0.4, -0.2) is 28.6 Å². The van der Waals surface area contributed by atoms with Crippen molar-refractivity contribution in [3.8, 4) is 5.75 Å². The second-order valence-corrected chi connectivity index (χ2v) is 6.60. The van der Waals surface area contributed by atoms with Gasteiger partial charge in [0.25, 0.3) is 11.5 Å². The summed E-state index contributed by atoms with van der Waals surface area (Å²) in [5.41, 5.74) is 5.78. The van der Waals surface area contributed by atoms with Crippen molar-refractivity contribution in [2.75, 3.05) is 23.8 Å². The van der Waals surface area contributed by atoms with E-state index in [2.05, 4.69) is 4.98 Å². The fourth-order valence-corrected chi connectivity index (χ4v) is 2.90. The van der Waals surface area contributed by atoms with E-state index in [-0.39, 0.29) is 18.1 Å². The number of amides is 1. The van der Waals surface area contributed by atoms with Crippen molar-refractivity contribution >= 4 is 17.4 Å². The van der Waals surface area contributed by atoms with Crippen LogP contribution in [0.25, 0.3) is 0 Å². The number of ether oxygens (including phenoxy) is 1. The molecule has 0 aliphatic heterocycles. The first-order chi connectivity index (χ1) is 13.4. The van der Waals surface area contributed by atoms with Crippen molar-refractivity contribution in [3.05, 3.63) is 50.7 Å². The average Bonchev–Trinajstić information content (AvgIpc) is 2.66. The number of aromatic amines is 1. The van der Waals surface area contributed by atoms with Crippen molar-refractivity contribution in [2.45, 2.75) is 46.6 Å². The summed E-state index contributed by atoms with van der Waals surface area (Å²) in [6.45, 7) is 6.19. The molecule has 28 heavy (non-hydrogen) atoms. The zero-order valence-electron chi connectivity index (χ0n) is 16.7. The van der Waals surface area contributed by atoms with Gasteiger partial charge in [-0.1, -0.05) is 38.5 Å². The van der Waals surface area contributed by atoms with Crippen molar-refractivity contribution in [1.82, 2.24) is 9.55 Å². The van der Waals surface area contributed by atoms with Crippen LogP contribution in [0.15, 0.2) is 33.9 Å². The van der Waals surface area contributed by atoms with E-state index in [4.69, 9.17) is 10.5 Å². The fraction of sp³-hybridized carbons (Fsp3) is 0.450. The molecular weight excluding hydrogens is 360 g/mol. The van der Waals surface area contributed by atoms with Crippen molar-refractivity contribution < 1.29 is 9.53 Å². The molecule has 1 amide bonds. The Morgan fingerprint density at radius 2 is 1.93 bits per heavy atom. The first-order valence-corrected chi connectivity index (χ1v) is 9.52. The molecule has 2 rings (SSSR count). The molecule has 1 aromatic carbocycles. The molecule has 8 nitrogen and oxygen atoms in total. The highest BCUT2D eigenvalue weighted by Gasteiger charge is 2.24. The number of nitrogen functional groups attached to an aromatic ring is 1. The Bertz CT molecular complexity index is 933. The highest BCUT2D eigenvalue weighted by molar-refractivity contribution is 5.96. The smallest absolute Gasteiger partial charge is 0.330 e. The number of hydrogen-bond acceptors (Lipinski definition) is 5. The van der Waals surface area contributed by atoms with Crippen molar-refractivity contribution in [2.24, 2.45) is 0 Å². The van der Waals surface area contributed by atoms with Crippen LogP contribution in [0.3, 0.4) is 0 Å². The van der Waals surface area contributed by atoms with Gasteiger partial charge < -0.3 is 15.4 Å². The maximum atomic E-state index is 12.9. The van der Waals surface area contributed by atoms with Gasteiger partial charge in [0.15, 0.2) is 12.3 Å². The Hall–Kier alpha value is -3.03. The Kier molecular flexibility index (Phi) is 7.43. The van der Waals surface area contributed by atoms with Crippen LogP contribution in [0.1, 0.15) is 38.7 Å². The molecule has 0 atom stereocenters. The number of hydrogen-bond donors (Lipinski definition) is 2. The second kappa shape index (κ2) is 9.77. The summed E-state index contributed by atoms with van der Waals surface area (Å²) in [6, 6.07) is 7.37. The first-order valence-electron chi connectivity index (χ1n) is 9.52. The van der Waals surface area contributed by atoms with Crippen LogP contribution >= 0.6 is 0 Å². The van der Waals surface area contributed by atoms with E-state index in [9.17, 15) is 14.4 Å². The van der Waals surface area contributed by atoms with E-state index in [1.54, 1.807) is 6.07 Å². The normalized spacial score (nSPS) is 10.7. The summed E-state index contributed by atoms with van der Waals surface area (Å²) in [4.78, 5) is 41.0. The van der Waals surface area contributed by atoms with E-state index < -0.39 is 17.2 Å². The molecule has 0 spiro atoms. The summed E-state index contributed by atoms with van der Waals surface area (Å²) >= 11 is 0. The van der Waals surface area contributed by atoms with Crippen molar-refractivity contribution in [3.63, 3.8) is 0 Å². The quantitative estimate of drug-likeness (QED) is 0.683. The maximum Gasteiger partial charge on any atom is 0.330 e. The lowest BCUT2D eigenvalue weighted by molar-refractivity contribution is -0.120. The van der Waals surface area contributed by atoms with Crippen molar-refractivity contribution in [1.29, 1.82) is 0 Å². The molecule has 0 radical (unpaired) electrons. The second-order valence-electron chi connectivity index (χ2n) is 6.60. The van der Waals surface area contributed by atoms with E-state index in [1.807, 2.05) is 39.0 Å². The number of anilines is 2. The van der Waals surface area contributed by atoms with Crippen LogP contribution in [-0.2, 0) is 11.3 Å². The highest BCUT2D eigenvalue weighted by Crippen LogP contribution is 2.20. The summed E-state index contributed by atoms with van der Waals surface area (Å²) in [5.74, 6) is 0.204. The third kappa shape index (κ3) is 4.82. The third-order valence-corrected chi connectivity index (χ3v) is 4.41. The molecule has 1 heterocycles. The van der Waals surface area contributed by atoms with Crippen LogP contribution in [0.5, 0.6) is 5.75 Å². The highest BCUT2D eigenvalue weighted by atomic mass is 16.5. The Balaban J connectivity index is 2.36. The van der Waals surface area contributed by atoms with Gasteiger partial charge in [-0.25, -0.2) is 4.79 Å². The zero-order chi connectivity index (χ0) is 20.7.